The number of furan rings is 2. The molecule has 0 radical (unpaired) electrons. The number of tetrazole rings is 2. The standard InChI is InChI=1S/C19H16F3N11O.C11H12F3N5.C9H8N6O3S/c20-19(21,22)10-32-29-14(28-31-32)12-5-3-11(4-6-12)7-8-24-17-26-16(23)33-18(27-17)25-15(30-33)13-2-1-9-34-13;12-11(13,14)7-19-17-10(16-18-19)9-3-1-8(2-4-9)5-6-15;1-19(16,17)9-12-7(10)15-8(13-9)11-6(14-15)5-3-2-4-18-5/h1-6,9H,7-8,10H2,(H3,23,24,25,26,27,30);1-4H,5-7,15H2;2-4H,1H3,(H2,10,11,12,13,14). The molecular weight excluding hydrogens is 987 g/mol. The van der Waals surface area contributed by atoms with Crippen LogP contribution in [0.3, 0.4) is 0 Å². The van der Waals surface area contributed by atoms with Gasteiger partial charge in [0.15, 0.2) is 24.6 Å². The molecule has 8 aromatic heterocycles. The fourth-order valence-electron chi connectivity index (χ4n) is 6.16. The molecule has 0 bridgehead atoms. The highest BCUT2D eigenvalue weighted by molar-refractivity contribution is 7.90. The van der Waals surface area contributed by atoms with Gasteiger partial charge in [-0.3, -0.25) is 0 Å². The molecule has 374 valence electrons. The van der Waals surface area contributed by atoms with E-state index in [9.17, 15) is 34.8 Å². The van der Waals surface area contributed by atoms with E-state index in [1.165, 1.54) is 17.0 Å². The van der Waals surface area contributed by atoms with Gasteiger partial charge in [-0.05, 0) is 65.2 Å². The second kappa shape index (κ2) is 20.5. The van der Waals surface area contributed by atoms with Gasteiger partial charge in [-0.1, -0.05) is 48.5 Å². The third-order valence-corrected chi connectivity index (χ3v) is 10.2. The van der Waals surface area contributed by atoms with Crippen LogP contribution < -0.4 is 22.5 Å². The van der Waals surface area contributed by atoms with Crippen molar-refractivity contribution in [3.05, 3.63) is 96.4 Å². The van der Waals surface area contributed by atoms with E-state index in [-0.39, 0.29) is 40.9 Å². The number of hydrogen-bond donors (Lipinski definition) is 4. The van der Waals surface area contributed by atoms with Gasteiger partial charge in [0.05, 0.1) is 12.5 Å². The number of benzene rings is 2. The van der Waals surface area contributed by atoms with Crippen LogP contribution in [-0.2, 0) is 35.8 Å². The molecule has 0 amide bonds. The maximum absolute atomic E-state index is 12.4. The number of hydrogen-bond acceptors (Lipinski definition) is 22. The summed E-state index contributed by atoms with van der Waals surface area (Å²) >= 11 is 0. The molecule has 2 aromatic carbocycles. The first-order valence-electron chi connectivity index (χ1n) is 20.7. The van der Waals surface area contributed by atoms with Crippen LogP contribution in [0, 0.1) is 0 Å². The molecule has 0 fully saturated rings. The highest BCUT2D eigenvalue weighted by Gasteiger charge is 2.30. The highest BCUT2D eigenvalue weighted by atomic mass is 32.2. The fourth-order valence-corrected chi connectivity index (χ4v) is 6.66. The van der Waals surface area contributed by atoms with Crippen molar-refractivity contribution < 1.29 is 43.6 Å². The minimum absolute atomic E-state index is 0.0410. The van der Waals surface area contributed by atoms with Gasteiger partial charge < -0.3 is 31.4 Å². The van der Waals surface area contributed by atoms with E-state index >= 15 is 0 Å². The van der Waals surface area contributed by atoms with Crippen molar-refractivity contribution in [2.24, 2.45) is 5.73 Å². The molecule has 0 aliphatic heterocycles. The molecule has 7 N–H and O–H groups in total. The summed E-state index contributed by atoms with van der Waals surface area (Å²) in [4.78, 5) is 25.4. The van der Waals surface area contributed by atoms with Crippen molar-refractivity contribution in [2.75, 3.05) is 36.1 Å². The lowest BCUT2D eigenvalue weighted by atomic mass is 10.1. The average Bonchev–Trinajstić information content (AvgIpc) is 4.18. The van der Waals surface area contributed by atoms with Crippen molar-refractivity contribution in [3.8, 4) is 45.9 Å². The second-order valence-electron chi connectivity index (χ2n) is 14.9. The Morgan fingerprint density at radius 2 is 1.07 bits per heavy atom. The summed E-state index contributed by atoms with van der Waals surface area (Å²) in [6.45, 7) is -1.50. The number of nitrogens with one attached hydrogen (secondary N) is 1. The van der Waals surface area contributed by atoms with Crippen molar-refractivity contribution in [1.82, 2.24) is 89.5 Å². The summed E-state index contributed by atoms with van der Waals surface area (Å²) in [5.41, 5.74) is 20.2. The maximum Gasteiger partial charge on any atom is 0.409 e. The lowest BCUT2D eigenvalue weighted by Gasteiger charge is -2.06. The zero-order chi connectivity index (χ0) is 51.2. The molecule has 10 aromatic rings. The Bertz CT molecular complexity index is 3500. The monoisotopic (exact) mass is 1020 g/mol. The Hall–Kier alpha value is -9.01. The molecule has 10 rings (SSSR count). The number of anilines is 3. The fraction of sp³-hybridized carbons (Fsp3) is 0.231. The van der Waals surface area contributed by atoms with Crippen LogP contribution in [0.25, 0.3) is 57.5 Å². The van der Waals surface area contributed by atoms with Gasteiger partial charge in [-0.2, -0.15) is 74.9 Å². The lowest BCUT2D eigenvalue weighted by molar-refractivity contribution is -0.146. The summed E-state index contributed by atoms with van der Waals surface area (Å²) in [5, 5.41) is 32.5. The molecule has 0 saturated heterocycles. The van der Waals surface area contributed by atoms with Gasteiger partial charge in [-0.25, -0.2) is 8.42 Å². The van der Waals surface area contributed by atoms with Crippen molar-refractivity contribution >= 4 is 39.2 Å². The Balaban J connectivity index is 0.000000156. The molecule has 33 heteroatoms. The first kappa shape index (κ1) is 49.4. The van der Waals surface area contributed by atoms with Gasteiger partial charge in [0.25, 0.3) is 16.7 Å². The van der Waals surface area contributed by atoms with E-state index in [0.717, 1.165) is 28.3 Å². The normalized spacial score (nSPS) is 11.9. The number of alkyl halides is 6. The molecule has 0 saturated carbocycles. The zero-order valence-corrected chi connectivity index (χ0v) is 37.7. The van der Waals surface area contributed by atoms with E-state index in [4.69, 9.17) is 26.0 Å². The molecule has 26 nitrogen and oxygen atoms in total. The van der Waals surface area contributed by atoms with Crippen LogP contribution in [0.4, 0.5) is 44.2 Å². The lowest BCUT2D eigenvalue weighted by Crippen LogP contribution is -2.19. The Labute approximate surface area is 399 Å². The van der Waals surface area contributed by atoms with E-state index in [2.05, 4.69) is 76.2 Å². The minimum Gasteiger partial charge on any atom is -0.461 e. The van der Waals surface area contributed by atoms with Crippen LogP contribution >= 0.6 is 0 Å². The molecule has 72 heavy (non-hydrogen) atoms. The number of fused-ring (bicyclic) bond motifs is 2. The Morgan fingerprint density at radius 1 is 0.597 bits per heavy atom. The minimum atomic E-state index is -4.41. The number of halogens is 6. The number of aromatic nitrogens is 18. The number of nitrogens with two attached hydrogens (primary N) is 3. The number of nitrogens with zero attached hydrogens (tertiary/aromatic N) is 18. The van der Waals surface area contributed by atoms with Crippen molar-refractivity contribution in [1.29, 1.82) is 0 Å². The highest BCUT2D eigenvalue weighted by Crippen LogP contribution is 2.22. The van der Waals surface area contributed by atoms with Gasteiger partial charge in [0.2, 0.25) is 51.0 Å². The number of sulfone groups is 1. The summed E-state index contributed by atoms with van der Waals surface area (Å²) in [6.07, 6.45) is -3.43. The summed E-state index contributed by atoms with van der Waals surface area (Å²) in [6, 6.07) is 21.0. The molecular formula is C39H36F6N22O4S. The Morgan fingerprint density at radius 3 is 1.51 bits per heavy atom. The predicted octanol–water partition coefficient (Wildman–Crippen LogP) is 3.40. The first-order valence-corrected chi connectivity index (χ1v) is 22.6. The first-order chi connectivity index (χ1) is 34.3. The van der Waals surface area contributed by atoms with Gasteiger partial charge >= 0.3 is 12.4 Å². The average molecular weight is 1020 g/mol. The van der Waals surface area contributed by atoms with Crippen LogP contribution in [0.1, 0.15) is 11.1 Å². The van der Waals surface area contributed by atoms with E-state index in [1.807, 2.05) is 24.3 Å². The van der Waals surface area contributed by atoms with E-state index in [0.29, 0.717) is 63.5 Å². The quantitative estimate of drug-likeness (QED) is 0.120. The molecule has 0 aliphatic carbocycles. The van der Waals surface area contributed by atoms with E-state index < -0.39 is 40.4 Å². The molecule has 0 atom stereocenters. The topological polar surface area (TPSA) is 350 Å². The third-order valence-electron chi connectivity index (χ3n) is 9.36. The van der Waals surface area contributed by atoms with Crippen LogP contribution in [0.15, 0.2) is 99.3 Å². The summed E-state index contributed by atoms with van der Waals surface area (Å²) in [7, 11) is -3.57. The van der Waals surface area contributed by atoms with Gasteiger partial charge in [0.1, 0.15) is 0 Å². The summed E-state index contributed by atoms with van der Waals surface area (Å²) < 4.78 is 109. The summed E-state index contributed by atoms with van der Waals surface area (Å²) in [5.74, 6) is 2.40. The van der Waals surface area contributed by atoms with Crippen LogP contribution in [-0.4, -0.2) is 130 Å². The second-order valence-corrected chi connectivity index (χ2v) is 16.8. The maximum atomic E-state index is 12.4. The molecule has 8 heterocycles. The van der Waals surface area contributed by atoms with E-state index in [1.54, 1.807) is 48.5 Å². The molecule has 0 unspecified atom stereocenters. The molecule has 0 spiro atoms. The van der Waals surface area contributed by atoms with Gasteiger partial charge in [-0.15, -0.1) is 30.6 Å². The zero-order valence-electron chi connectivity index (χ0n) is 36.9. The SMILES string of the molecule is CS(=O)(=O)c1nc(N)n2nc(-c3ccco3)nc2n1.NCCc1ccc(-c2nnn(CC(F)(F)F)n2)cc1.Nc1nc(NCCc2ccc(-c3nnn(CC(F)(F)F)n3)cc2)nc2nc(-c3ccco3)nn12. The van der Waals surface area contributed by atoms with Crippen LogP contribution in [0.5, 0.6) is 0 Å². The Kier molecular flexibility index (Phi) is 14.1. The van der Waals surface area contributed by atoms with Crippen molar-refractivity contribution in [3.63, 3.8) is 0 Å². The number of rotatable bonds is 13. The molecule has 0 aliphatic rings. The van der Waals surface area contributed by atoms with Gasteiger partial charge in [0, 0.05) is 23.9 Å². The predicted molar refractivity (Wildman–Crippen MR) is 238 cm³/mol. The van der Waals surface area contributed by atoms with Crippen LogP contribution in [0.2, 0.25) is 0 Å². The smallest absolute Gasteiger partial charge is 0.409 e. The number of nitrogen functional groups attached to an aromatic ring is 2. The third kappa shape index (κ3) is 12.6. The van der Waals surface area contributed by atoms with Crippen molar-refractivity contribution in [2.45, 2.75) is 43.4 Å². The largest absolute Gasteiger partial charge is 0.461 e.